The first-order valence-corrected chi connectivity index (χ1v) is 8.21. The molecule has 1 aliphatic rings. The third kappa shape index (κ3) is 3.54. The number of nitrogen functional groups attached to an aromatic ring is 1. The predicted octanol–water partition coefficient (Wildman–Crippen LogP) is 4.56. The summed E-state index contributed by atoms with van der Waals surface area (Å²) in [5.74, 6) is -0.0117. The highest BCUT2D eigenvalue weighted by Crippen LogP contribution is 2.31. The lowest BCUT2D eigenvalue weighted by atomic mass is 10.1. The highest BCUT2D eigenvalue weighted by molar-refractivity contribution is 6.36. The van der Waals surface area contributed by atoms with E-state index >= 15 is 0 Å². The van der Waals surface area contributed by atoms with Crippen LogP contribution in [-0.2, 0) is 0 Å². The van der Waals surface area contributed by atoms with Gasteiger partial charge in [-0.2, -0.15) is 0 Å². The third-order valence-corrected chi connectivity index (χ3v) is 4.42. The van der Waals surface area contributed by atoms with Crippen LogP contribution in [0.1, 0.15) is 23.2 Å². The molecule has 3 N–H and O–H groups in total. The topological polar surface area (TPSA) is 58.4 Å². The van der Waals surface area contributed by atoms with Crippen LogP contribution < -0.4 is 11.1 Å². The average Bonchev–Trinajstić information content (AvgIpc) is 3.05. The highest BCUT2D eigenvalue weighted by atomic mass is 35.5. The number of nitrogens with two attached hydrogens (primary N) is 1. The number of halogens is 2. The molecule has 0 unspecified atom stereocenters. The van der Waals surface area contributed by atoms with Crippen LogP contribution in [-0.4, -0.2) is 23.9 Å². The number of hydrogen-bond donors (Lipinski definition) is 2. The Morgan fingerprint density at radius 1 is 1.04 bits per heavy atom. The first kappa shape index (κ1) is 16.0. The number of anilines is 3. The van der Waals surface area contributed by atoms with E-state index in [1.165, 1.54) is 0 Å². The summed E-state index contributed by atoms with van der Waals surface area (Å²) in [6.45, 7) is 1.57. The van der Waals surface area contributed by atoms with Crippen molar-refractivity contribution in [3.05, 3.63) is 52.0 Å². The zero-order valence-electron chi connectivity index (χ0n) is 12.5. The molecule has 4 nitrogen and oxygen atoms in total. The van der Waals surface area contributed by atoms with Crippen molar-refractivity contribution in [2.45, 2.75) is 12.8 Å². The largest absolute Gasteiger partial charge is 0.399 e. The second kappa shape index (κ2) is 6.69. The number of carbonyl (C=O) groups is 1. The maximum atomic E-state index is 12.7. The lowest BCUT2D eigenvalue weighted by Gasteiger charge is -2.19. The van der Waals surface area contributed by atoms with Crippen molar-refractivity contribution in [3.8, 4) is 0 Å². The van der Waals surface area contributed by atoms with Gasteiger partial charge in [-0.1, -0.05) is 23.2 Å². The summed E-state index contributed by atoms with van der Waals surface area (Å²) in [6.07, 6.45) is 2.08. The van der Waals surface area contributed by atoms with Gasteiger partial charge in [0.2, 0.25) is 0 Å². The van der Waals surface area contributed by atoms with Gasteiger partial charge in [0, 0.05) is 23.8 Å². The van der Waals surface area contributed by atoms with E-state index in [0.29, 0.717) is 32.7 Å². The van der Waals surface area contributed by atoms with Crippen molar-refractivity contribution >= 4 is 46.2 Å². The van der Waals surface area contributed by atoms with Gasteiger partial charge in [0.05, 0.1) is 22.0 Å². The minimum atomic E-state index is -0.0117. The monoisotopic (exact) mass is 349 g/mol. The molecule has 1 heterocycles. The van der Waals surface area contributed by atoms with Crippen molar-refractivity contribution in [1.82, 2.24) is 4.90 Å². The quantitative estimate of drug-likeness (QED) is 0.798. The number of amides is 1. The smallest absolute Gasteiger partial charge is 0.256 e. The van der Waals surface area contributed by atoms with Gasteiger partial charge in [-0.25, -0.2) is 0 Å². The maximum Gasteiger partial charge on any atom is 0.256 e. The van der Waals surface area contributed by atoms with Gasteiger partial charge in [0.1, 0.15) is 0 Å². The Kier molecular flexibility index (Phi) is 4.64. The molecule has 120 valence electrons. The van der Waals surface area contributed by atoms with Crippen molar-refractivity contribution in [3.63, 3.8) is 0 Å². The Balaban J connectivity index is 1.93. The Morgan fingerprint density at radius 3 is 2.43 bits per heavy atom. The Hall–Kier alpha value is -1.91. The van der Waals surface area contributed by atoms with Crippen LogP contribution in [0.3, 0.4) is 0 Å². The van der Waals surface area contributed by atoms with E-state index in [2.05, 4.69) is 5.32 Å². The van der Waals surface area contributed by atoms with Gasteiger partial charge in [-0.05, 0) is 49.2 Å². The highest BCUT2D eigenvalue weighted by Gasteiger charge is 2.22. The van der Waals surface area contributed by atoms with Crippen molar-refractivity contribution in [1.29, 1.82) is 0 Å². The summed E-state index contributed by atoms with van der Waals surface area (Å²) in [5.41, 5.74) is 8.35. The molecule has 1 saturated heterocycles. The van der Waals surface area contributed by atoms with Gasteiger partial charge in [0.25, 0.3) is 5.91 Å². The Morgan fingerprint density at radius 2 is 1.74 bits per heavy atom. The molecule has 0 spiro atoms. The number of hydrogen-bond acceptors (Lipinski definition) is 3. The molecule has 0 radical (unpaired) electrons. The van der Waals surface area contributed by atoms with Crippen LogP contribution in [0.4, 0.5) is 17.1 Å². The first-order chi connectivity index (χ1) is 11.0. The van der Waals surface area contributed by atoms with Crippen molar-refractivity contribution in [2.75, 3.05) is 24.1 Å². The average molecular weight is 350 g/mol. The Bertz CT molecular complexity index is 743. The summed E-state index contributed by atoms with van der Waals surface area (Å²) in [5, 5.41) is 4.26. The van der Waals surface area contributed by atoms with Gasteiger partial charge in [-0.3, -0.25) is 4.79 Å². The number of benzene rings is 2. The molecule has 0 atom stereocenters. The molecule has 3 rings (SSSR count). The van der Waals surface area contributed by atoms with E-state index in [0.717, 1.165) is 25.9 Å². The van der Waals surface area contributed by atoms with Crippen molar-refractivity contribution in [2.24, 2.45) is 0 Å². The molecule has 2 aromatic carbocycles. The van der Waals surface area contributed by atoms with Crippen LogP contribution >= 0.6 is 23.2 Å². The molecule has 2 aromatic rings. The first-order valence-electron chi connectivity index (χ1n) is 7.45. The molecule has 0 bridgehead atoms. The zero-order chi connectivity index (χ0) is 16.4. The van der Waals surface area contributed by atoms with E-state index in [1.807, 2.05) is 4.90 Å². The Labute approximate surface area is 145 Å². The SMILES string of the molecule is Nc1ccc(Nc2ccc(Cl)cc2Cl)c(C(=O)N2CCCC2)c1. The number of rotatable bonds is 3. The van der Waals surface area contributed by atoms with Crippen LogP contribution in [0.15, 0.2) is 36.4 Å². The van der Waals surface area contributed by atoms with E-state index in [-0.39, 0.29) is 5.91 Å². The standard InChI is InChI=1S/C17H17Cl2N3O/c18-11-3-5-16(14(19)9-11)21-15-6-4-12(20)10-13(15)17(23)22-7-1-2-8-22/h3-6,9-10,21H,1-2,7-8,20H2. The molecule has 1 amide bonds. The fraction of sp³-hybridized carbons (Fsp3) is 0.235. The van der Waals surface area contributed by atoms with Crippen molar-refractivity contribution < 1.29 is 4.79 Å². The molecule has 23 heavy (non-hydrogen) atoms. The predicted molar refractivity (Wildman–Crippen MR) is 95.7 cm³/mol. The zero-order valence-corrected chi connectivity index (χ0v) is 14.0. The summed E-state index contributed by atoms with van der Waals surface area (Å²) >= 11 is 12.1. The molecule has 0 saturated carbocycles. The second-order valence-corrected chi connectivity index (χ2v) is 6.40. The molecule has 0 aromatic heterocycles. The summed E-state index contributed by atoms with van der Waals surface area (Å²) < 4.78 is 0. The van der Waals surface area contributed by atoms with E-state index < -0.39 is 0 Å². The van der Waals surface area contributed by atoms with Gasteiger partial charge in [0.15, 0.2) is 0 Å². The van der Waals surface area contributed by atoms with Crippen LogP contribution in [0.5, 0.6) is 0 Å². The maximum absolute atomic E-state index is 12.7. The van der Waals surface area contributed by atoms with Gasteiger partial charge < -0.3 is 16.0 Å². The number of nitrogens with one attached hydrogen (secondary N) is 1. The van der Waals surface area contributed by atoms with Crippen LogP contribution in [0.2, 0.25) is 10.0 Å². The van der Waals surface area contributed by atoms with E-state index in [4.69, 9.17) is 28.9 Å². The fourth-order valence-corrected chi connectivity index (χ4v) is 3.13. The molecule has 0 aliphatic carbocycles. The summed E-state index contributed by atoms with van der Waals surface area (Å²) in [6, 6.07) is 10.4. The van der Waals surface area contributed by atoms with E-state index in [9.17, 15) is 4.79 Å². The van der Waals surface area contributed by atoms with Crippen LogP contribution in [0, 0.1) is 0 Å². The normalized spacial score (nSPS) is 14.1. The minimum Gasteiger partial charge on any atom is -0.399 e. The van der Waals surface area contributed by atoms with Gasteiger partial charge in [-0.15, -0.1) is 0 Å². The number of carbonyl (C=O) groups excluding carboxylic acids is 1. The molecular weight excluding hydrogens is 333 g/mol. The minimum absolute atomic E-state index is 0.0117. The molecule has 6 heteroatoms. The van der Waals surface area contributed by atoms with E-state index in [1.54, 1.807) is 36.4 Å². The van der Waals surface area contributed by atoms with Crippen LogP contribution in [0.25, 0.3) is 0 Å². The second-order valence-electron chi connectivity index (χ2n) is 5.55. The third-order valence-electron chi connectivity index (χ3n) is 3.87. The lowest BCUT2D eigenvalue weighted by molar-refractivity contribution is 0.0794. The molecular formula is C17H17Cl2N3O. The number of nitrogens with zero attached hydrogens (tertiary/aromatic N) is 1. The fourth-order valence-electron chi connectivity index (χ4n) is 2.67. The molecule has 1 aliphatic heterocycles. The van der Waals surface area contributed by atoms with Gasteiger partial charge >= 0.3 is 0 Å². The summed E-state index contributed by atoms with van der Waals surface area (Å²) in [4.78, 5) is 14.6. The number of likely N-dealkylation sites (tertiary alicyclic amines) is 1. The summed E-state index contributed by atoms with van der Waals surface area (Å²) in [7, 11) is 0. The lowest BCUT2D eigenvalue weighted by Crippen LogP contribution is -2.28. The molecule has 1 fully saturated rings.